The standard InChI is InChI=1S/C12H20ClN3O2/c1-18-9-12(17)8-15-4-2-11(3-5-15)16-7-10(13)6-14-16/h6-7,11-12,17H,2-5,8-9H2,1H3/t12-/m0/s1. The molecule has 0 aliphatic carbocycles. The van der Waals surface area contributed by atoms with E-state index in [1.807, 2.05) is 10.9 Å². The van der Waals surface area contributed by atoms with Gasteiger partial charge in [0.1, 0.15) is 0 Å². The molecule has 5 nitrogen and oxygen atoms in total. The fourth-order valence-electron chi connectivity index (χ4n) is 2.42. The molecule has 1 fully saturated rings. The van der Waals surface area contributed by atoms with Crippen LogP contribution in [0.3, 0.4) is 0 Å². The van der Waals surface area contributed by atoms with Crippen LogP contribution in [0.25, 0.3) is 0 Å². The number of hydrogen-bond donors (Lipinski definition) is 1. The van der Waals surface area contributed by atoms with Crippen LogP contribution in [-0.4, -0.2) is 59.2 Å². The third-order valence-corrected chi connectivity index (χ3v) is 3.52. The van der Waals surface area contributed by atoms with Gasteiger partial charge in [-0.05, 0) is 12.8 Å². The van der Waals surface area contributed by atoms with Crippen LogP contribution >= 0.6 is 11.6 Å². The molecule has 1 aliphatic heterocycles. The Kier molecular flexibility index (Phi) is 5.00. The summed E-state index contributed by atoms with van der Waals surface area (Å²) in [6.07, 6.45) is 5.23. The average molecular weight is 274 g/mol. The minimum Gasteiger partial charge on any atom is -0.389 e. The van der Waals surface area contributed by atoms with E-state index in [9.17, 15) is 5.11 Å². The normalized spacial score (nSPS) is 20.2. The van der Waals surface area contributed by atoms with Gasteiger partial charge in [0.05, 0.1) is 30.0 Å². The Bertz CT molecular complexity index is 364. The third kappa shape index (κ3) is 3.68. The second-order valence-corrected chi connectivity index (χ2v) is 5.22. The number of aliphatic hydroxyl groups is 1. The highest BCUT2D eigenvalue weighted by Gasteiger charge is 2.22. The fourth-order valence-corrected chi connectivity index (χ4v) is 2.57. The highest BCUT2D eigenvalue weighted by molar-refractivity contribution is 6.30. The molecule has 102 valence electrons. The summed E-state index contributed by atoms with van der Waals surface area (Å²) < 4.78 is 6.88. The molecule has 1 saturated heterocycles. The van der Waals surface area contributed by atoms with Crippen LogP contribution in [0, 0.1) is 0 Å². The second-order valence-electron chi connectivity index (χ2n) is 4.78. The number of nitrogens with zero attached hydrogens (tertiary/aromatic N) is 3. The molecule has 18 heavy (non-hydrogen) atoms. The Morgan fingerprint density at radius 2 is 2.28 bits per heavy atom. The molecule has 0 unspecified atom stereocenters. The minimum atomic E-state index is -0.398. The van der Waals surface area contributed by atoms with Gasteiger partial charge in [-0.25, -0.2) is 0 Å². The lowest BCUT2D eigenvalue weighted by atomic mass is 10.1. The summed E-state index contributed by atoms with van der Waals surface area (Å²) in [5.74, 6) is 0. The number of hydrogen-bond acceptors (Lipinski definition) is 4. The topological polar surface area (TPSA) is 50.5 Å². The first-order valence-electron chi connectivity index (χ1n) is 6.28. The van der Waals surface area contributed by atoms with Gasteiger partial charge in [0.15, 0.2) is 0 Å². The van der Waals surface area contributed by atoms with Crippen LogP contribution in [0.5, 0.6) is 0 Å². The van der Waals surface area contributed by atoms with E-state index in [0.29, 0.717) is 24.2 Å². The lowest BCUT2D eigenvalue weighted by Gasteiger charge is -2.33. The number of methoxy groups -OCH3 is 1. The van der Waals surface area contributed by atoms with Crippen LogP contribution in [0.15, 0.2) is 12.4 Å². The van der Waals surface area contributed by atoms with Gasteiger partial charge in [0.25, 0.3) is 0 Å². The lowest BCUT2D eigenvalue weighted by molar-refractivity contribution is 0.0293. The summed E-state index contributed by atoms with van der Waals surface area (Å²) in [6.45, 7) is 3.03. The van der Waals surface area contributed by atoms with Gasteiger partial charge in [0.2, 0.25) is 0 Å². The maximum Gasteiger partial charge on any atom is 0.0900 e. The van der Waals surface area contributed by atoms with Crippen LogP contribution < -0.4 is 0 Å². The number of piperidine rings is 1. The monoisotopic (exact) mass is 273 g/mol. The number of aliphatic hydroxyl groups excluding tert-OH is 1. The van der Waals surface area contributed by atoms with Crippen molar-refractivity contribution in [1.29, 1.82) is 0 Å². The molecule has 1 atom stereocenters. The predicted octanol–water partition coefficient (Wildman–Crippen LogP) is 1.18. The molecule has 0 aromatic carbocycles. The number of aromatic nitrogens is 2. The van der Waals surface area contributed by atoms with Crippen LogP contribution in [0.1, 0.15) is 18.9 Å². The first-order valence-corrected chi connectivity index (χ1v) is 6.66. The molecule has 0 radical (unpaired) electrons. The largest absolute Gasteiger partial charge is 0.389 e. The summed E-state index contributed by atoms with van der Waals surface area (Å²) in [5, 5.41) is 14.6. The van der Waals surface area contributed by atoms with Gasteiger partial charge < -0.3 is 14.7 Å². The van der Waals surface area contributed by atoms with E-state index in [1.54, 1.807) is 13.3 Å². The van der Waals surface area contributed by atoms with Crippen molar-refractivity contribution in [3.63, 3.8) is 0 Å². The molecule has 0 saturated carbocycles. The third-order valence-electron chi connectivity index (χ3n) is 3.33. The smallest absolute Gasteiger partial charge is 0.0900 e. The Balaban J connectivity index is 1.77. The average Bonchev–Trinajstić information content (AvgIpc) is 2.77. The van der Waals surface area contributed by atoms with Gasteiger partial charge in [-0.2, -0.15) is 5.10 Å². The molecular formula is C12H20ClN3O2. The number of likely N-dealkylation sites (tertiary alicyclic amines) is 1. The molecule has 1 aliphatic rings. The zero-order valence-corrected chi connectivity index (χ0v) is 11.4. The molecule has 6 heteroatoms. The van der Waals surface area contributed by atoms with E-state index >= 15 is 0 Å². The lowest BCUT2D eigenvalue weighted by Crippen LogP contribution is -2.40. The highest BCUT2D eigenvalue weighted by Crippen LogP contribution is 2.23. The van der Waals surface area contributed by atoms with Gasteiger partial charge in [0, 0.05) is 32.9 Å². The maximum absolute atomic E-state index is 9.69. The van der Waals surface area contributed by atoms with Crippen molar-refractivity contribution in [3.8, 4) is 0 Å². The molecule has 0 bridgehead atoms. The molecular weight excluding hydrogens is 254 g/mol. The summed E-state index contributed by atoms with van der Waals surface area (Å²) in [5.41, 5.74) is 0. The number of β-amino-alcohol motifs (C(OH)–C–C–N with tert-alkyl or cyclic N) is 1. The van der Waals surface area contributed by atoms with E-state index in [4.69, 9.17) is 16.3 Å². The molecule has 2 heterocycles. The van der Waals surface area contributed by atoms with Crippen molar-refractivity contribution in [3.05, 3.63) is 17.4 Å². The highest BCUT2D eigenvalue weighted by atomic mass is 35.5. The van der Waals surface area contributed by atoms with E-state index in [1.165, 1.54) is 0 Å². The van der Waals surface area contributed by atoms with E-state index < -0.39 is 6.10 Å². The summed E-state index contributed by atoms with van der Waals surface area (Å²) >= 11 is 5.87. The zero-order valence-electron chi connectivity index (χ0n) is 10.6. The number of ether oxygens (including phenoxy) is 1. The Labute approximate surface area is 112 Å². The Morgan fingerprint density at radius 3 is 2.83 bits per heavy atom. The van der Waals surface area contributed by atoms with Crippen molar-refractivity contribution in [1.82, 2.24) is 14.7 Å². The van der Waals surface area contributed by atoms with Gasteiger partial charge >= 0.3 is 0 Å². The fraction of sp³-hybridized carbons (Fsp3) is 0.750. The SMILES string of the molecule is COC[C@@H](O)CN1CCC(n2cc(Cl)cn2)CC1. The zero-order chi connectivity index (χ0) is 13.0. The number of rotatable bonds is 5. The second kappa shape index (κ2) is 6.52. The van der Waals surface area contributed by atoms with E-state index in [0.717, 1.165) is 25.9 Å². The van der Waals surface area contributed by atoms with Crippen LogP contribution in [-0.2, 0) is 4.74 Å². The van der Waals surface area contributed by atoms with Crippen molar-refractivity contribution in [2.24, 2.45) is 0 Å². The number of halogens is 1. The molecule has 1 N–H and O–H groups in total. The summed E-state index contributed by atoms with van der Waals surface area (Å²) in [7, 11) is 1.61. The van der Waals surface area contributed by atoms with Crippen molar-refractivity contribution in [2.45, 2.75) is 25.0 Å². The molecule has 1 aromatic heterocycles. The summed E-state index contributed by atoms with van der Waals surface area (Å²) in [6, 6.07) is 0.424. The maximum atomic E-state index is 9.69. The van der Waals surface area contributed by atoms with Gasteiger partial charge in [-0.1, -0.05) is 11.6 Å². The summed E-state index contributed by atoms with van der Waals surface area (Å²) in [4.78, 5) is 2.27. The van der Waals surface area contributed by atoms with Crippen molar-refractivity contribution in [2.75, 3.05) is 33.4 Å². The first kappa shape index (κ1) is 13.8. The Hall–Kier alpha value is -0.620. The molecule has 0 amide bonds. The quantitative estimate of drug-likeness (QED) is 0.875. The first-order chi connectivity index (χ1) is 8.69. The van der Waals surface area contributed by atoms with Crippen molar-refractivity contribution < 1.29 is 9.84 Å². The van der Waals surface area contributed by atoms with Gasteiger partial charge in [-0.15, -0.1) is 0 Å². The van der Waals surface area contributed by atoms with Crippen LogP contribution in [0.2, 0.25) is 5.02 Å². The Morgan fingerprint density at radius 1 is 1.56 bits per heavy atom. The van der Waals surface area contributed by atoms with Gasteiger partial charge in [-0.3, -0.25) is 4.68 Å². The minimum absolute atomic E-state index is 0.398. The molecule has 1 aromatic rings. The molecule has 0 spiro atoms. The predicted molar refractivity (Wildman–Crippen MR) is 69.8 cm³/mol. The van der Waals surface area contributed by atoms with Crippen LogP contribution in [0.4, 0.5) is 0 Å². The molecule has 2 rings (SSSR count). The van der Waals surface area contributed by atoms with Crippen molar-refractivity contribution >= 4 is 11.6 Å². The van der Waals surface area contributed by atoms with E-state index in [-0.39, 0.29) is 0 Å². The van der Waals surface area contributed by atoms with E-state index in [2.05, 4.69) is 10.00 Å².